The van der Waals surface area contributed by atoms with Crippen LogP contribution in [0.25, 0.3) is 0 Å². The van der Waals surface area contributed by atoms with Gasteiger partial charge in [0, 0.05) is 37.1 Å². The fourth-order valence-corrected chi connectivity index (χ4v) is 2.95. The number of carbonyl (C=O) groups excluding carboxylic acids is 1. The van der Waals surface area contributed by atoms with Gasteiger partial charge < -0.3 is 15.5 Å². The number of hydrogen-bond donors (Lipinski definition) is 1. The summed E-state index contributed by atoms with van der Waals surface area (Å²) < 4.78 is 13.4. The smallest absolute Gasteiger partial charge is 0.258 e. The van der Waals surface area contributed by atoms with Crippen molar-refractivity contribution in [2.24, 2.45) is 5.73 Å². The number of likely N-dealkylation sites (N-methyl/N-ethyl adjacent to an activating group) is 1. The lowest BCUT2D eigenvalue weighted by molar-refractivity contribution is -0.115. The van der Waals surface area contributed by atoms with E-state index in [0.29, 0.717) is 24.4 Å². The van der Waals surface area contributed by atoms with Crippen LogP contribution < -0.4 is 15.5 Å². The fourth-order valence-electron chi connectivity index (χ4n) is 2.95. The summed E-state index contributed by atoms with van der Waals surface area (Å²) in [5.41, 5.74) is 7.56. The Labute approximate surface area is 178 Å². The van der Waals surface area contributed by atoms with Gasteiger partial charge in [-0.15, -0.1) is 0 Å². The second-order valence-corrected chi connectivity index (χ2v) is 6.61. The molecule has 158 valence electrons. The molecule has 1 aromatic carbocycles. The zero-order chi connectivity index (χ0) is 21.9. The summed E-state index contributed by atoms with van der Waals surface area (Å²) >= 11 is 0. The number of hydrogen-bond acceptors (Lipinski definition) is 4. The number of nitrogens with zero attached hydrogens (tertiary/aromatic N) is 3. The van der Waals surface area contributed by atoms with Crippen molar-refractivity contribution in [3.8, 4) is 0 Å². The van der Waals surface area contributed by atoms with Crippen molar-refractivity contribution < 1.29 is 9.18 Å². The van der Waals surface area contributed by atoms with E-state index in [2.05, 4.69) is 16.5 Å². The molecular formula is C24H29FN4O. The van der Waals surface area contributed by atoms with Crippen LogP contribution >= 0.6 is 0 Å². The first-order chi connectivity index (χ1) is 14.5. The van der Waals surface area contributed by atoms with Gasteiger partial charge in [-0.2, -0.15) is 0 Å². The minimum Gasteiger partial charge on any atom is -0.356 e. The molecule has 0 atom stereocenters. The number of amides is 1. The van der Waals surface area contributed by atoms with Gasteiger partial charge in [-0.05, 0) is 55.8 Å². The first-order valence-electron chi connectivity index (χ1n) is 9.96. The lowest BCUT2D eigenvalue weighted by atomic mass is 10.1. The molecule has 2 aromatic rings. The monoisotopic (exact) mass is 408 g/mol. The van der Waals surface area contributed by atoms with E-state index in [9.17, 15) is 9.18 Å². The minimum absolute atomic E-state index is 0.225. The largest absolute Gasteiger partial charge is 0.356 e. The van der Waals surface area contributed by atoms with Crippen molar-refractivity contribution in [1.29, 1.82) is 0 Å². The number of nitrogens with two attached hydrogens (primary N) is 1. The van der Waals surface area contributed by atoms with Crippen LogP contribution in [0.1, 0.15) is 19.4 Å². The van der Waals surface area contributed by atoms with E-state index in [1.165, 1.54) is 18.2 Å². The average molecular weight is 409 g/mol. The molecule has 1 aromatic heterocycles. The molecule has 0 spiro atoms. The predicted octanol–water partition coefficient (Wildman–Crippen LogP) is 4.23. The lowest BCUT2D eigenvalue weighted by Crippen LogP contribution is -2.32. The molecule has 30 heavy (non-hydrogen) atoms. The summed E-state index contributed by atoms with van der Waals surface area (Å²) in [6.07, 6.45) is 8.60. The van der Waals surface area contributed by atoms with Gasteiger partial charge in [0.1, 0.15) is 11.6 Å². The second-order valence-electron chi connectivity index (χ2n) is 6.61. The molecule has 0 aliphatic rings. The average Bonchev–Trinajstić information content (AvgIpc) is 2.77. The highest BCUT2D eigenvalue weighted by molar-refractivity contribution is 6.07. The number of allylic oxidation sites excluding steroid dienone is 3. The standard InChI is InChI=1S/C24H29FN4O/c1-4-7-8-20(5-2)24(30)29(22-12-10-21(25)11-13-22)18-19-9-14-23(27-17-19)28(6-3)16-15-26/h4-5,7-14,17H,2,6,15-16,18,26H2,1,3H3/b7-4-,20-8+. The van der Waals surface area contributed by atoms with Crippen LogP contribution in [0.4, 0.5) is 15.9 Å². The van der Waals surface area contributed by atoms with E-state index < -0.39 is 0 Å². The molecule has 0 aliphatic carbocycles. The van der Waals surface area contributed by atoms with Crippen molar-refractivity contribution in [2.75, 3.05) is 29.4 Å². The van der Waals surface area contributed by atoms with E-state index in [1.807, 2.05) is 32.1 Å². The Balaban J connectivity index is 2.34. The summed E-state index contributed by atoms with van der Waals surface area (Å²) in [5.74, 6) is 0.258. The summed E-state index contributed by atoms with van der Waals surface area (Å²) in [4.78, 5) is 21.4. The first kappa shape index (κ1) is 23.0. The van der Waals surface area contributed by atoms with Crippen LogP contribution in [0.3, 0.4) is 0 Å². The maximum Gasteiger partial charge on any atom is 0.258 e. The first-order valence-corrected chi connectivity index (χ1v) is 9.96. The number of rotatable bonds is 10. The van der Waals surface area contributed by atoms with Gasteiger partial charge in [0.15, 0.2) is 0 Å². The SMILES string of the molecule is C=C/C(=C\C=C/C)C(=O)N(Cc1ccc(N(CC)CCN)nc1)c1ccc(F)cc1. The van der Waals surface area contributed by atoms with Crippen molar-refractivity contribution >= 4 is 17.4 Å². The number of pyridine rings is 1. The molecule has 0 unspecified atom stereocenters. The molecule has 0 bridgehead atoms. The lowest BCUT2D eigenvalue weighted by Gasteiger charge is -2.24. The number of aromatic nitrogens is 1. The van der Waals surface area contributed by atoms with E-state index in [4.69, 9.17) is 5.73 Å². The van der Waals surface area contributed by atoms with Gasteiger partial charge in [0.05, 0.1) is 6.54 Å². The molecule has 0 aliphatic heterocycles. The van der Waals surface area contributed by atoms with Gasteiger partial charge in [-0.3, -0.25) is 4.79 Å². The molecular weight excluding hydrogens is 379 g/mol. The fraction of sp³-hybridized carbons (Fsp3) is 0.250. The van der Waals surface area contributed by atoms with Crippen LogP contribution in [0, 0.1) is 5.82 Å². The molecule has 2 rings (SSSR count). The van der Waals surface area contributed by atoms with Crippen LogP contribution in [0.15, 0.2) is 79.1 Å². The highest BCUT2D eigenvalue weighted by atomic mass is 19.1. The molecule has 0 saturated heterocycles. The van der Waals surface area contributed by atoms with Gasteiger partial charge in [-0.1, -0.05) is 30.9 Å². The number of anilines is 2. The van der Waals surface area contributed by atoms with Crippen molar-refractivity contribution in [2.45, 2.75) is 20.4 Å². The number of halogens is 1. The molecule has 5 nitrogen and oxygen atoms in total. The van der Waals surface area contributed by atoms with E-state index in [-0.39, 0.29) is 11.7 Å². The van der Waals surface area contributed by atoms with Crippen molar-refractivity contribution in [1.82, 2.24) is 4.98 Å². The molecule has 2 N–H and O–H groups in total. The van der Waals surface area contributed by atoms with Crippen molar-refractivity contribution in [3.05, 3.63) is 90.4 Å². The maximum atomic E-state index is 13.4. The molecule has 1 amide bonds. The Bertz CT molecular complexity index is 888. The molecule has 0 fully saturated rings. The Morgan fingerprint density at radius 1 is 1.23 bits per heavy atom. The summed E-state index contributed by atoms with van der Waals surface area (Å²) in [5, 5.41) is 0. The van der Waals surface area contributed by atoms with E-state index in [1.54, 1.807) is 35.4 Å². The molecule has 0 radical (unpaired) electrons. The number of carbonyl (C=O) groups is 1. The normalized spacial score (nSPS) is 11.5. The highest BCUT2D eigenvalue weighted by Crippen LogP contribution is 2.21. The molecule has 1 heterocycles. The third-order valence-electron chi connectivity index (χ3n) is 4.57. The van der Waals surface area contributed by atoms with E-state index >= 15 is 0 Å². The Morgan fingerprint density at radius 2 is 1.97 bits per heavy atom. The molecule has 6 heteroatoms. The summed E-state index contributed by atoms with van der Waals surface area (Å²) in [6.45, 7) is 10.0. The Morgan fingerprint density at radius 3 is 2.50 bits per heavy atom. The van der Waals surface area contributed by atoms with Gasteiger partial charge in [0.25, 0.3) is 5.91 Å². The van der Waals surface area contributed by atoms with Crippen LogP contribution in [0.2, 0.25) is 0 Å². The number of benzene rings is 1. The predicted molar refractivity (Wildman–Crippen MR) is 122 cm³/mol. The zero-order valence-corrected chi connectivity index (χ0v) is 17.6. The van der Waals surface area contributed by atoms with Crippen LogP contribution in [-0.2, 0) is 11.3 Å². The van der Waals surface area contributed by atoms with Gasteiger partial charge >= 0.3 is 0 Å². The minimum atomic E-state index is -0.356. The second kappa shape index (κ2) is 11.7. The third kappa shape index (κ3) is 6.12. The topological polar surface area (TPSA) is 62.5 Å². The Hall–Kier alpha value is -3.25. The van der Waals surface area contributed by atoms with Gasteiger partial charge in [0.2, 0.25) is 0 Å². The quantitative estimate of drug-likeness (QED) is 0.472. The third-order valence-corrected chi connectivity index (χ3v) is 4.57. The van der Waals surface area contributed by atoms with Crippen molar-refractivity contribution in [3.63, 3.8) is 0 Å². The van der Waals surface area contributed by atoms with Gasteiger partial charge in [-0.25, -0.2) is 9.37 Å². The maximum absolute atomic E-state index is 13.4. The molecule has 0 saturated carbocycles. The van der Waals surface area contributed by atoms with E-state index in [0.717, 1.165) is 24.5 Å². The Kier molecular flexibility index (Phi) is 8.97. The van der Waals surface area contributed by atoms with Crippen LogP contribution in [-0.4, -0.2) is 30.5 Å². The summed E-state index contributed by atoms with van der Waals surface area (Å²) in [6, 6.07) is 9.72. The zero-order valence-electron chi connectivity index (χ0n) is 17.6. The highest BCUT2D eigenvalue weighted by Gasteiger charge is 2.19. The summed E-state index contributed by atoms with van der Waals surface area (Å²) in [7, 11) is 0. The van der Waals surface area contributed by atoms with Crippen LogP contribution in [0.5, 0.6) is 0 Å².